The maximum Gasteiger partial charge on any atom is 0.264 e. The first-order valence-electron chi connectivity index (χ1n) is 5.94. The highest BCUT2D eigenvalue weighted by atomic mass is 16.5. The van der Waals surface area contributed by atoms with Crippen LogP contribution in [0.5, 0.6) is 5.75 Å². The molecule has 2 amide bonds. The van der Waals surface area contributed by atoms with Crippen molar-refractivity contribution in [1.82, 2.24) is 10.9 Å². The maximum atomic E-state index is 11.5. The molecule has 0 fully saturated rings. The summed E-state index contributed by atoms with van der Waals surface area (Å²) in [4.78, 5) is 22.7. The predicted octanol–water partition coefficient (Wildman–Crippen LogP) is 0.422. The van der Waals surface area contributed by atoms with E-state index in [0.717, 1.165) is 11.3 Å². The van der Waals surface area contributed by atoms with Crippen molar-refractivity contribution in [2.45, 2.75) is 13.3 Å². The Hall–Kier alpha value is -2.08. The summed E-state index contributed by atoms with van der Waals surface area (Å²) in [5.41, 5.74) is 5.42. The molecule has 0 radical (unpaired) electrons. The second kappa shape index (κ2) is 8.10. The zero-order valence-corrected chi connectivity index (χ0v) is 11.1. The van der Waals surface area contributed by atoms with Gasteiger partial charge in [-0.1, -0.05) is 12.1 Å². The predicted molar refractivity (Wildman–Crippen MR) is 69.5 cm³/mol. The third kappa shape index (κ3) is 5.87. The number of carbonyl (C=O) groups excluding carboxylic acids is 2. The Labute approximate surface area is 112 Å². The number of carbonyl (C=O) groups is 2. The van der Waals surface area contributed by atoms with E-state index in [1.807, 2.05) is 0 Å². The topological polar surface area (TPSA) is 76.7 Å². The van der Waals surface area contributed by atoms with Crippen molar-refractivity contribution in [3.8, 4) is 5.75 Å². The van der Waals surface area contributed by atoms with Crippen LogP contribution < -0.4 is 15.6 Å². The van der Waals surface area contributed by atoms with Gasteiger partial charge in [-0.25, -0.2) is 0 Å². The van der Waals surface area contributed by atoms with Crippen LogP contribution in [0.3, 0.4) is 0 Å². The van der Waals surface area contributed by atoms with Gasteiger partial charge in [-0.2, -0.15) is 0 Å². The van der Waals surface area contributed by atoms with Crippen molar-refractivity contribution in [3.05, 3.63) is 29.8 Å². The molecule has 0 bridgehead atoms. The summed E-state index contributed by atoms with van der Waals surface area (Å²) in [5, 5.41) is 0. The monoisotopic (exact) mass is 266 g/mol. The van der Waals surface area contributed by atoms with Gasteiger partial charge in [0.1, 0.15) is 12.4 Å². The van der Waals surface area contributed by atoms with E-state index in [-0.39, 0.29) is 24.8 Å². The Morgan fingerprint density at radius 1 is 1.11 bits per heavy atom. The van der Waals surface area contributed by atoms with E-state index in [9.17, 15) is 9.59 Å². The minimum absolute atomic E-state index is 0.0701. The highest BCUT2D eigenvalue weighted by Crippen LogP contribution is 2.11. The Morgan fingerprint density at radius 3 is 2.32 bits per heavy atom. The summed E-state index contributed by atoms with van der Waals surface area (Å²) in [6.45, 7) is 2.17. The number of nitrogens with one attached hydrogen (secondary N) is 2. The minimum Gasteiger partial charge on any atom is -0.497 e. The van der Waals surface area contributed by atoms with E-state index >= 15 is 0 Å². The second-order valence-electron chi connectivity index (χ2n) is 3.76. The summed E-state index contributed by atoms with van der Waals surface area (Å²) in [6, 6.07) is 7.13. The molecular weight excluding hydrogens is 248 g/mol. The number of benzene rings is 1. The van der Waals surface area contributed by atoms with Gasteiger partial charge < -0.3 is 9.47 Å². The SMILES string of the molecule is CCOCC(=O)NNC(=O)Cc1ccc(OC)cc1. The number of amides is 2. The standard InChI is InChI=1S/C13H18N2O4/c1-3-19-9-13(17)15-14-12(16)8-10-4-6-11(18-2)7-5-10/h4-7H,3,8-9H2,1-2H3,(H,14,16)(H,15,17). The Morgan fingerprint density at radius 2 is 1.74 bits per heavy atom. The van der Waals surface area contributed by atoms with E-state index in [4.69, 9.17) is 9.47 Å². The van der Waals surface area contributed by atoms with Gasteiger partial charge in [-0.15, -0.1) is 0 Å². The van der Waals surface area contributed by atoms with Gasteiger partial charge in [0.25, 0.3) is 5.91 Å². The number of rotatable bonds is 6. The van der Waals surface area contributed by atoms with Crippen molar-refractivity contribution in [1.29, 1.82) is 0 Å². The molecule has 0 aliphatic carbocycles. The molecule has 6 nitrogen and oxygen atoms in total. The fourth-order valence-corrected chi connectivity index (χ4v) is 1.34. The Balaban J connectivity index is 2.32. The van der Waals surface area contributed by atoms with Crippen LogP contribution in [-0.2, 0) is 20.7 Å². The van der Waals surface area contributed by atoms with E-state index in [1.54, 1.807) is 38.3 Å². The molecule has 0 unspecified atom stereocenters. The lowest BCUT2D eigenvalue weighted by molar-refractivity contribution is -0.131. The van der Waals surface area contributed by atoms with Crippen LogP contribution in [0.2, 0.25) is 0 Å². The number of methoxy groups -OCH3 is 1. The first-order chi connectivity index (χ1) is 9.15. The van der Waals surface area contributed by atoms with Gasteiger partial charge in [0, 0.05) is 6.61 Å². The number of hydrogen-bond donors (Lipinski definition) is 2. The quantitative estimate of drug-likeness (QED) is 0.732. The molecule has 0 heterocycles. The van der Waals surface area contributed by atoms with Crippen LogP contribution >= 0.6 is 0 Å². The smallest absolute Gasteiger partial charge is 0.264 e. The molecular formula is C13H18N2O4. The third-order valence-electron chi connectivity index (χ3n) is 2.30. The van der Waals surface area contributed by atoms with Gasteiger partial charge in [-0.05, 0) is 24.6 Å². The summed E-state index contributed by atoms with van der Waals surface area (Å²) < 4.78 is 9.91. The Kier molecular flexibility index (Phi) is 6.38. The first kappa shape index (κ1) is 15.0. The van der Waals surface area contributed by atoms with Crippen LogP contribution in [0, 0.1) is 0 Å². The number of ether oxygens (including phenoxy) is 2. The first-order valence-corrected chi connectivity index (χ1v) is 5.94. The van der Waals surface area contributed by atoms with Crippen molar-refractivity contribution in [2.75, 3.05) is 20.3 Å². The molecule has 19 heavy (non-hydrogen) atoms. The zero-order valence-electron chi connectivity index (χ0n) is 11.1. The molecule has 0 atom stereocenters. The van der Waals surface area contributed by atoms with Gasteiger partial charge >= 0.3 is 0 Å². The van der Waals surface area contributed by atoms with Gasteiger partial charge in [-0.3, -0.25) is 20.4 Å². The molecule has 1 aromatic carbocycles. The minimum atomic E-state index is -0.384. The third-order valence-corrected chi connectivity index (χ3v) is 2.30. The van der Waals surface area contributed by atoms with E-state index in [1.165, 1.54) is 0 Å². The molecule has 2 N–H and O–H groups in total. The van der Waals surface area contributed by atoms with Crippen LogP contribution in [0.4, 0.5) is 0 Å². The van der Waals surface area contributed by atoms with Gasteiger partial charge in [0.05, 0.1) is 13.5 Å². The largest absolute Gasteiger partial charge is 0.497 e. The highest BCUT2D eigenvalue weighted by molar-refractivity contribution is 5.83. The van der Waals surface area contributed by atoms with Crippen molar-refractivity contribution < 1.29 is 19.1 Å². The van der Waals surface area contributed by atoms with Crippen LogP contribution in [-0.4, -0.2) is 32.1 Å². The highest BCUT2D eigenvalue weighted by Gasteiger charge is 2.05. The van der Waals surface area contributed by atoms with E-state index in [2.05, 4.69) is 10.9 Å². The molecule has 0 saturated heterocycles. The van der Waals surface area contributed by atoms with Gasteiger partial charge in [0.2, 0.25) is 5.91 Å². The lowest BCUT2D eigenvalue weighted by Gasteiger charge is -2.07. The summed E-state index contributed by atoms with van der Waals surface area (Å²) >= 11 is 0. The molecule has 1 rings (SSSR count). The van der Waals surface area contributed by atoms with Crippen molar-refractivity contribution >= 4 is 11.8 Å². The molecule has 0 saturated carbocycles. The molecule has 0 aliphatic rings. The molecule has 1 aromatic rings. The second-order valence-corrected chi connectivity index (χ2v) is 3.76. The van der Waals surface area contributed by atoms with Crippen LogP contribution in [0.25, 0.3) is 0 Å². The molecule has 0 spiro atoms. The molecule has 6 heteroatoms. The Bertz CT molecular complexity index is 417. The summed E-state index contributed by atoms with van der Waals surface area (Å²) in [7, 11) is 1.58. The lowest BCUT2D eigenvalue weighted by atomic mass is 10.1. The summed E-state index contributed by atoms with van der Waals surface area (Å²) in [5.74, 6) is 0.0501. The average Bonchev–Trinajstić information content (AvgIpc) is 2.43. The van der Waals surface area contributed by atoms with Gasteiger partial charge in [0.15, 0.2) is 0 Å². The molecule has 0 aliphatic heterocycles. The number of hydrogen-bond acceptors (Lipinski definition) is 4. The maximum absolute atomic E-state index is 11.5. The normalized spacial score (nSPS) is 9.79. The fraction of sp³-hybridized carbons (Fsp3) is 0.385. The average molecular weight is 266 g/mol. The van der Waals surface area contributed by atoms with E-state index in [0.29, 0.717) is 6.61 Å². The fourth-order valence-electron chi connectivity index (χ4n) is 1.34. The molecule has 104 valence electrons. The van der Waals surface area contributed by atoms with Crippen LogP contribution in [0.15, 0.2) is 24.3 Å². The number of hydrazine groups is 1. The van der Waals surface area contributed by atoms with E-state index < -0.39 is 0 Å². The lowest BCUT2D eigenvalue weighted by Crippen LogP contribution is -2.44. The van der Waals surface area contributed by atoms with Crippen LogP contribution in [0.1, 0.15) is 12.5 Å². The molecule has 0 aromatic heterocycles. The van der Waals surface area contributed by atoms with Crippen molar-refractivity contribution in [2.24, 2.45) is 0 Å². The summed E-state index contributed by atoms with van der Waals surface area (Å²) in [6.07, 6.45) is 0.179. The zero-order chi connectivity index (χ0) is 14.1. The van der Waals surface area contributed by atoms with Crippen molar-refractivity contribution in [3.63, 3.8) is 0 Å².